The Labute approximate surface area is 118 Å². The Kier molecular flexibility index (Phi) is 5.15. The maximum absolute atomic E-state index is 8.60. The summed E-state index contributed by atoms with van der Waals surface area (Å²) in [6.45, 7) is 2.84. The minimum Gasteiger partial charge on any atom is -0.478 e. The van der Waals surface area contributed by atoms with Gasteiger partial charge in [0.25, 0.3) is 0 Å². The lowest BCUT2D eigenvalue weighted by Crippen LogP contribution is -2.21. The molecule has 0 radical (unpaired) electrons. The lowest BCUT2D eigenvalue weighted by molar-refractivity contribution is 0.360. The molecule has 0 aliphatic rings. The second-order valence-electron chi connectivity index (χ2n) is 4.37. The highest BCUT2D eigenvalue weighted by Gasteiger charge is 2.12. The molecule has 0 aliphatic carbocycles. The Morgan fingerprint density at radius 1 is 1.45 bits per heavy atom. The minimum atomic E-state index is 0.0619. The molecule has 0 spiro atoms. The second kappa shape index (κ2) is 7.31. The van der Waals surface area contributed by atoms with Gasteiger partial charge in [0.15, 0.2) is 6.61 Å². The first kappa shape index (κ1) is 14.1. The summed E-state index contributed by atoms with van der Waals surface area (Å²) < 4.78 is 5.42. The number of nitrogens with zero attached hydrogens (tertiary/aromatic N) is 2. The van der Waals surface area contributed by atoms with Gasteiger partial charge in [0.05, 0.1) is 6.04 Å². The molecule has 1 atom stereocenters. The zero-order valence-electron chi connectivity index (χ0n) is 11.5. The first-order valence-corrected chi connectivity index (χ1v) is 6.65. The van der Waals surface area contributed by atoms with E-state index in [1.807, 2.05) is 36.5 Å². The van der Waals surface area contributed by atoms with Gasteiger partial charge in [-0.05, 0) is 12.5 Å². The predicted octanol–water partition coefficient (Wildman–Crippen LogP) is 2.55. The fourth-order valence-electron chi connectivity index (χ4n) is 2.04. The van der Waals surface area contributed by atoms with Gasteiger partial charge >= 0.3 is 0 Å². The molecule has 2 rings (SSSR count). The third-order valence-corrected chi connectivity index (χ3v) is 3.06. The minimum absolute atomic E-state index is 0.0619. The van der Waals surface area contributed by atoms with E-state index in [0.29, 0.717) is 6.54 Å². The van der Waals surface area contributed by atoms with Crippen LogP contribution in [0.3, 0.4) is 0 Å². The normalized spacial score (nSPS) is 11.8. The van der Waals surface area contributed by atoms with E-state index in [1.165, 1.54) is 0 Å². The third kappa shape index (κ3) is 3.59. The molecule has 5 heteroatoms. The van der Waals surface area contributed by atoms with Gasteiger partial charge in [-0.3, -0.25) is 0 Å². The highest BCUT2D eigenvalue weighted by molar-refractivity contribution is 5.33. The average Bonchev–Trinajstić information content (AvgIpc) is 3.01. The Morgan fingerprint density at radius 3 is 3.00 bits per heavy atom. The van der Waals surface area contributed by atoms with Crippen molar-refractivity contribution in [1.29, 1.82) is 5.26 Å². The number of para-hydroxylation sites is 1. The molecule has 0 bridgehead atoms. The van der Waals surface area contributed by atoms with Crippen LogP contribution in [-0.2, 0) is 6.54 Å². The zero-order valence-corrected chi connectivity index (χ0v) is 11.5. The molecule has 2 N–H and O–H groups in total. The first-order chi connectivity index (χ1) is 9.85. The molecule has 0 aliphatic heterocycles. The molecule has 0 amide bonds. The molecule has 20 heavy (non-hydrogen) atoms. The number of hydrogen-bond acceptors (Lipinski definition) is 4. The van der Waals surface area contributed by atoms with Crippen molar-refractivity contribution in [2.24, 2.45) is 0 Å². The number of imidazole rings is 1. The van der Waals surface area contributed by atoms with Gasteiger partial charge in [-0.15, -0.1) is 0 Å². The lowest BCUT2D eigenvalue weighted by atomic mass is 10.1. The maximum atomic E-state index is 8.60. The fraction of sp³-hybridized carbons (Fsp3) is 0.333. The zero-order chi connectivity index (χ0) is 14.2. The quantitative estimate of drug-likeness (QED) is 0.811. The summed E-state index contributed by atoms with van der Waals surface area (Å²) in [5.74, 6) is 1.68. The topological polar surface area (TPSA) is 73.7 Å². The molecule has 1 heterocycles. The van der Waals surface area contributed by atoms with Crippen molar-refractivity contribution in [1.82, 2.24) is 15.3 Å². The molecule has 1 unspecified atom stereocenters. The van der Waals surface area contributed by atoms with Crippen molar-refractivity contribution >= 4 is 0 Å². The summed E-state index contributed by atoms with van der Waals surface area (Å²) >= 11 is 0. The van der Waals surface area contributed by atoms with Crippen molar-refractivity contribution in [3.8, 4) is 11.8 Å². The van der Waals surface area contributed by atoms with Crippen LogP contribution in [0.15, 0.2) is 36.7 Å². The molecule has 104 valence electrons. The Bertz CT molecular complexity index is 560. The van der Waals surface area contributed by atoms with E-state index < -0.39 is 0 Å². The fourth-order valence-corrected chi connectivity index (χ4v) is 2.04. The molecule has 0 fully saturated rings. The monoisotopic (exact) mass is 270 g/mol. The standard InChI is InChI=1S/C15H18N4O/c1-2-13(15-17-8-9-18-15)19-11-12-5-3-4-6-14(12)20-10-7-16/h3-6,8-9,13,19H,2,10-11H2,1H3,(H,17,18). The number of ether oxygens (including phenoxy) is 1. The average molecular weight is 270 g/mol. The van der Waals surface area contributed by atoms with Crippen LogP contribution in [0.25, 0.3) is 0 Å². The molecule has 5 nitrogen and oxygen atoms in total. The summed E-state index contributed by atoms with van der Waals surface area (Å²) in [5, 5.41) is 12.0. The van der Waals surface area contributed by atoms with Crippen LogP contribution >= 0.6 is 0 Å². The number of aromatic nitrogens is 2. The van der Waals surface area contributed by atoms with Crippen LogP contribution in [0.2, 0.25) is 0 Å². The summed E-state index contributed by atoms with van der Waals surface area (Å²) in [7, 11) is 0. The first-order valence-electron chi connectivity index (χ1n) is 6.65. The van der Waals surface area contributed by atoms with Gasteiger partial charge in [-0.25, -0.2) is 4.98 Å². The van der Waals surface area contributed by atoms with E-state index in [0.717, 1.165) is 23.6 Å². The van der Waals surface area contributed by atoms with Gasteiger partial charge < -0.3 is 15.0 Å². The highest BCUT2D eigenvalue weighted by atomic mass is 16.5. The van der Waals surface area contributed by atoms with Gasteiger partial charge in [0, 0.05) is 24.5 Å². The van der Waals surface area contributed by atoms with Crippen LogP contribution in [0.5, 0.6) is 5.75 Å². The smallest absolute Gasteiger partial charge is 0.174 e. The molecule has 0 saturated carbocycles. The molecular weight excluding hydrogens is 252 g/mol. The van der Waals surface area contributed by atoms with Crippen LogP contribution < -0.4 is 10.1 Å². The maximum Gasteiger partial charge on any atom is 0.174 e. The van der Waals surface area contributed by atoms with Gasteiger partial charge in [0.2, 0.25) is 0 Å². The number of nitriles is 1. The van der Waals surface area contributed by atoms with E-state index >= 15 is 0 Å². The van der Waals surface area contributed by atoms with E-state index in [9.17, 15) is 0 Å². The Hall–Kier alpha value is -2.32. The van der Waals surface area contributed by atoms with Crippen molar-refractivity contribution < 1.29 is 4.74 Å². The number of nitrogens with one attached hydrogen (secondary N) is 2. The molecule has 1 aromatic carbocycles. The summed E-state index contributed by atoms with van der Waals surface area (Å²) in [6, 6.07) is 9.90. The molecular formula is C15H18N4O. The van der Waals surface area contributed by atoms with Crippen molar-refractivity contribution in [2.45, 2.75) is 25.9 Å². The van der Waals surface area contributed by atoms with E-state index in [4.69, 9.17) is 10.00 Å². The number of hydrogen-bond donors (Lipinski definition) is 2. The highest BCUT2D eigenvalue weighted by Crippen LogP contribution is 2.19. The van der Waals surface area contributed by atoms with Crippen molar-refractivity contribution in [3.63, 3.8) is 0 Å². The van der Waals surface area contributed by atoms with Crippen LogP contribution in [-0.4, -0.2) is 16.6 Å². The molecule has 1 aromatic heterocycles. The second-order valence-corrected chi connectivity index (χ2v) is 4.37. The van der Waals surface area contributed by atoms with E-state index in [1.54, 1.807) is 6.20 Å². The summed E-state index contributed by atoms with van der Waals surface area (Å²) in [4.78, 5) is 7.40. The van der Waals surface area contributed by atoms with Crippen molar-refractivity contribution in [3.05, 3.63) is 48.0 Å². The number of benzene rings is 1. The largest absolute Gasteiger partial charge is 0.478 e. The number of rotatable bonds is 7. The SMILES string of the molecule is CCC(NCc1ccccc1OCC#N)c1ncc[nH]1. The van der Waals surface area contributed by atoms with Gasteiger partial charge in [-0.2, -0.15) is 5.26 Å². The van der Waals surface area contributed by atoms with E-state index in [2.05, 4.69) is 22.2 Å². The number of H-pyrrole nitrogens is 1. The lowest BCUT2D eigenvalue weighted by Gasteiger charge is -2.16. The molecule has 0 saturated heterocycles. The van der Waals surface area contributed by atoms with Crippen LogP contribution in [0, 0.1) is 11.3 Å². The van der Waals surface area contributed by atoms with Gasteiger partial charge in [0.1, 0.15) is 17.6 Å². The van der Waals surface area contributed by atoms with E-state index in [-0.39, 0.29) is 12.6 Å². The van der Waals surface area contributed by atoms with Gasteiger partial charge in [-0.1, -0.05) is 25.1 Å². The van der Waals surface area contributed by atoms with Crippen LogP contribution in [0.1, 0.15) is 30.8 Å². The summed E-state index contributed by atoms with van der Waals surface area (Å²) in [6.07, 6.45) is 4.52. The summed E-state index contributed by atoms with van der Waals surface area (Å²) in [5.41, 5.74) is 1.03. The Morgan fingerprint density at radius 2 is 2.30 bits per heavy atom. The third-order valence-electron chi connectivity index (χ3n) is 3.06. The Balaban J connectivity index is 2.01. The molecule has 2 aromatic rings. The van der Waals surface area contributed by atoms with Crippen LogP contribution in [0.4, 0.5) is 0 Å². The predicted molar refractivity (Wildman–Crippen MR) is 76.0 cm³/mol. The van der Waals surface area contributed by atoms with Crippen molar-refractivity contribution in [2.75, 3.05) is 6.61 Å². The number of aromatic amines is 1.